The van der Waals surface area contributed by atoms with E-state index in [-0.39, 0.29) is 0 Å². The Bertz CT molecular complexity index is 567. The lowest BCUT2D eigenvalue weighted by Crippen LogP contribution is -1.95. The number of hydrogen-bond donors (Lipinski definition) is 0. The largest absolute Gasteiger partial charge is 0.149 e. The summed E-state index contributed by atoms with van der Waals surface area (Å²) in [7, 11) is 0. The molecule has 2 rings (SSSR count). The molecule has 0 aliphatic rings. The van der Waals surface area contributed by atoms with Crippen molar-refractivity contribution in [1.82, 2.24) is 0 Å². The summed E-state index contributed by atoms with van der Waals surface area (Å²) in [5.74, 6) is 0.939. The van der Waals surface area contributed by atoms with Crippen LogP contribution in [0.15, 0.2) is 42.5 Å². The molecule has 1 unspecified atom stereocenters. The second-order valence-electron chi connectivity index (χ2n) is 4.50. The normalized spacial score (nSPS) is 11.5. The Morgan fingerprint density at radius 2 is 1.50 bits per heavy atom. The highest BCUT2D eigenvalue weighted by Crippen LogP contribution is 2.38. The summed E-state index contributed by atoms with van der Waals surface area (Å²) < 4.78 is 0. The Labute approximate surface area is 153 Å². The maximum Gasteiger partial charge on any atom is 0.0464 e. The van der Waals surface area contributed by atoms with Crippen LogP contribution < -0.4 is 0 Å². The summed E-state index contributed by atoms with van der Waals surface area (Å²) in [6.45, 7) is 6.17. The van der Waals surface area contributed by atoms with Crippen molar-refractivity contribution in [3.8, 4) is 0 Å². The molecule has 0 bridgehead atoms. The van der Waals surface area contributed by atoms with Crippen LogP contribution in [-0.4, -0.2) is 0 Å². The van der Waals surface area contributed by atoms with Crippen molar-refractivity contribution in [2.24, 2.45) is 0 Å². The van der Waals surface area contributed by atoms with Crippen LogP contribution in [0.4, 0.5) is 0 Å². The topological polar surface area (TPSA) is 0 Å². The van der Waals surface area contributed by atoms with Gasteiger partial charge in [0.05, 0.1) is 0 Å². The van der Waals surface area contributed by atoms with E-state index >= 15 is 0 Å². The van der Waals surface area contributed by atoms with Crippen LogP contribution in [0.3, 0.4) is 0 Å². The summed E-state index contributed by atoms with van der Waals surface area (Å²) in [6.07, 6.45) is 1.03. The number of halogens is 3. The molecule has 0 saturated heterocycles. The zero-order valence-electron chi connectivity index (χ0n) is 13.1. The quantitative estimate of drug-likeness (QED) is 0.509. The summed E-state index contributed by atoms with van der Waals surface area (Å²) in [4.78, 5) is 0. The molecule has 0 aromatic heterocycles. The highest BCUT2D eigenvalue weighted by molar-refractivity contribution is 7.98. The molecule has 4 heteroatoms. The van der Waals surface area contributed by atoms with Crippen LogP contribution in [0.2, 0.25) is 15.1 Å². The molecule has 0 saturated carbocycles. The molecule has 2 aromatic carbocycles. The van der Waals surface area contributed by atoms with E-state index in [2.05, 4.69) is 19.1 Å². The van der Waals surface area contributed by atoms with Gasteiger partial charge in [-0.3, -0.25) is 0 Å². The van der Waals surface area contributed by atoms with Gasteiger partial charge in [0, 0.05) is 26.1 Å². The minimum absolute atomic E-state index is 0.371. The van der Waals surface area contributed by atoms with Crippen LogP contribution in [0.1, 0.15) is 43.6 Å². The average molecular weight is 376 g/mol. The third-order valence-corrected chi connectivity index (χ3v) is 5.35. The molecule has 0 heterocycles. The minimum Gasteiger partial charge on any atom is -0.149 e. The second-order valence-corrected chi connectivity index (χ2v) is 6.97. The molecule has 0 fully saturated rings. The van der Waals surface area contributed by atoms with Crippen molar-refractivity contribution >= 4 is 46.6 Å². The Balaban J connectivity index is 0.00000116. The molecule has 0 aliphatic heterocycles. The van der Waals surface area contributed by atoms with E-state index in [4.69, 9.17) is 34.8 Å². The lowest BCUT2D eigenvalue weighted by atomic mass is 10.1. The van der Waals surface area contributed by atoms with Crippen LogP contribution in [-0.2, 0) is 5.75 Å². The summed E-state index contributed by atoms with van der Waals surface area (Å²) in [5, 5.41) is 2.56. The first kappa shape index (κ1) is 19.7. The lowest BCUT2D eigenvalue weighted by molar-refractivity contribution is 0.894. The van der Waals surface area contributed by atoms with E-state index in [1.165, 1.54) is 5.56 Å². The number of benzene rings is 2. The molecule has 0 amide bonds. The maximum atomic E-state index is 6.29. The van der Waals surface area contributed by atoms with Crippen LogP contribution >= 0.6 is 46.6 Å². The van der Waals surface area contributed by atoms with Crippen LogP contribution in [0.25, 0.3) is 0 Å². The van der Waals surface area contributed by atoms with Gasteiger partial charge < -0.3 is 0 Å². The predicted octanol–water partition coefficient (Wildman–Crippen LogP) is 8.06. The Kier molecular flexibility index (Phi) is 9.35. The smallest absolute Gasteiger partial charge is 0.0464 e. The van der Waals surface area contributed by atoms with Crippen molar-refractivity contribution in [3.05, 3.63) is 68.7 Å². The first-order chi connectivity index (χ1) is 10.6. The van der Waals surface area contributed by atoms with Gasteiger partial charge in [0.15, 0.2) is 0 Å². The molecule has 0 N–H and O–H groups in total. The molecular formula is C18H21Cl3S. The van der Waals surface area contributed by atoms with Crippen molar-refractivity contribution in [2.75, 3.05) is 0 Å². The Morgan fingerprint density at radius 1 is 0.909 bits per heavy atom. The van der Waals surface area contributed by atoms with E-state index in [1.807, 2.05) is 55.9 Å². The third kappa shape index (κ3) is 6.04. The van der Waals surface area contributed by atoms with Crippen molar-refractivity contribution < 1.29 is 0 Å². The molecule has 22 heavy (non-hydrogen) atoms. The zero-order valence-corrected chi connectivity index (χ0v) is 16.2. The molecule has 2 aromatic rings. The molecule has 0 nitrogen and oxygen atoms in total. The first-order valence-corrected chi connectivity index (χ1v) is 9.59. The van der Waals surface area contributed by atoms with Gasteiger partial charge in [-0.2, -0.15) is 0 Å². The number of thioether (sulfide) groups is 1. The third-order valence-electron chi connectivity index (χ3n) is 3.04. The molecule has 0 aliphatic carbocycles. The fourth-order valence-electron chi connectivity index (χ4n) is 1.97. The molecule has 0 spiro atoms. The van der Waals surface area contributed by atoms with Gasteiger partial charge in [-0.05, 0) is 41.8 Å². The van der Waals surface area contributed by atoms with Gasteiger partial charge in [0.1, 0.15) is 0 Å². The average Bonchev–Trinajstić information content (AvgIpc) is 2.53. The fraction of sp³-hybridized carbons (Fsp3) is 0.333. The minimum atomic E-state index is 0.371. The van der Waals surface area contributed by atoms with Gasteiger partial charge in [0.2, 0.25) is 0 Å². The van der Waals surface area contributed by atoms with Crippen molar-refractivity contribution in [2.45, 2.75) is 38.2 Å². The van der Waals surface area contributed by atoms with Crippen molar-refractivity contribution in [3.63, 3.8) is 0 Å². The lowest BCUT2D eigenvalue weighted by Gasteiger charge is -2.17. The summed E-state index contributed by atoms with van der Waals surface area (Å²) in [5.41, 5.74) is 2.42. The first-order valence-electron chi connectivity index (χ1n) is 7.41. The molecular weight excluding hydrogens is 355 g/mol. The van der Waals surface area contributed by atoms with Gasteiger partial charge in [-0.25, -0.2) is 0 Å². The van der Waals surface area contributed by atoms with Crippen molar-refractivity contribution in [1.29, 1.82) is 0 Å². The molecule has 0 radical (unpaired) electrons. The fourth-order valence-corrected chi connectivity index (χ4v) is 3.91. The highest BCUT2D eigenvalue weighted by atomic mass is 35.5. The maximum absolute atomic E-state index is 6.29. The van der Waals surface area contributed by atoms with Crippen LogP contribution in [0.5, 0.6) is 0 Å². The summed E-state index contributed by atoms with van der Waals surface area (Å²) in [6, 6.07) is 13.7. The predicted molar refractivity (Wildman–Crippen MR) is 104 cm³/mol. The summed E-state index contributed by atoms with van der Waals surface area (Å²) >= 11 is 20.0. The highest BCUT2D eigenvalue weighted by Gasteiger charge is 2.14. The van der Waals surface area contributed by atoms with Gasteiger partial charge >= 0.3 is 0 Å². The van der Waals surface area contributed by atoms with Gasteiger partial charge in [-0.1, -0.05) is 73.8 Å². The van der Waals surface area contributed by atoms with E-state index in [0.717, 1.165) is 27.8 Å². The van der Waals surface area contributed by atoms with E-state index in [0.29, 0.717) is 10.3 Å². The van der Waals surface area contributed by atoms with E-state index in [1.54, 1.807) is 0 Å². The Hall–Kier alpha value is -0.340. The monoisotopic (exact) mass is 374 g/mol. The van der Waals surface area contributed by atoms with Gasteiger partial charge in [-0.15, -0.1) is 11.8 Å². The standard InChI is InChI=1S/C16H15Cl3S.C2H6/c1-2-16(14-8-7-13(18)9-15(14)19)20-10-11-3-5-12(17)6-4-11;1-2/h3-9,16H,2,10H2,1H3;1-2H3. The van der Waals surface area contributed by atoms with Gasteiger partial charge in [0.25, 0.3) is 0 Å². The Morgan fingerprint density at radius 3 is 2.05 bits per heavy atom. The number of rotatable bonds is 5. The van der Waals surface area contributed by atoms with E-state index in [9.17, 15) is 0 Å². The van der Waals surface area contributed by atoms with Crippen LogP contribution in [0, 0.1) is 0 Å². The SMILES string of the molecule is CC.CCC(SCc1ccc(Cl)cc1)c1ccc(Cl)cc1Cl. The van der Waals surface area contributed by atoms with E-state index < -0.39 is 0 Å². The number of hydrogen-bond acceptors (Lipinski definition) is 1. The molecule has 120 valence electrons. The molecule has 1 atom stereocenters. The zero-order chi connectivity index (χ0) is 16.5. The second kappa shape index (κ2) is 10.4.